The van der Waals surface area contributed by atoms with E-state index in [0.29, 0.717) is 0 Å². The van der Waals surface area contributed by atoms with Crippen molar-refractivity contribution in [2.24, 2.45) is 0 Å². The second-order valence-corrected chi connectivity index (χ2v) is 13.6. The van der Waals surface area contributed by atoms with E-state index in [0.717, 1.165) is 39.6 Å². The van der Waals surface area contributed by atoms with Gasteiger partial charge in [-0.1, -0.05) is 129 Å². The largest absolute Gasteiger partial charge is 0.311 e. The van der Waals surface area contributed by atoms with E-state index in [1.54, 1.807) is 0 Å². The molecule has 7 aromatic carbocycles. The number of para-hydroxylation sites is 2. The van der Waals surface area contributed by atoms with Gasteiger partial charge < -0.3 is 9.80 Å². The summed E-state index contributed by atoms with van der Waals surface area (Å²) in [7, 11) is 0. The van der Waals surface area contributed by atoms with Crippen molar-refractivity contribution in [1.82, 2.24) is 0 Å². The lowest BCUT2D eigenvalue weighted by molar-refractivity contribution is 0.660. The van der Waals surface area contributed by atoms with E-state index in [-0.39, 0.29) is 5.41 Å². The van der Waals surface area contributed by atoms with Crippen LogP contribution in [-0.4, -0.2) is 0 Å². The molecule has 7 aromatic rings. The SMILES string of the molecule is Cc1cccc(N(c2ccc(C=Cc3ccc(N(c4ccccc4)c4ccccc4)cc3)cc2)c2ccc3c(c2)C(C)(C)c2ccccc2-3)c1. The molecule has 0 heterocycles. The van der Waals surface area contributed by atoms with E-state index < -0.39 is 0 Å². The first kappa shape index (κ1) is 31.2. The van der Waals surface area contributed by atoms with Crippen molar-refractivity contribution in [2.75, 3.05) is 9.80 Å². The zero-order chi connectivity index (χ0) is 34.1. The van der Waals surface area contributed by atoms with Crippen LogP contribution in [0.3, 0.4) is 0 Å². The number of anilines is 6. The smallest absolute Gasteiger partial charge is 0.0465 e. The maximum absolute atomic E-state index is 2.39. The van der Waals surface area contributed by atoms with Crippen LogP contribution in [0.2, 0.25) is 0 Å². The molecule has 0 saturated carbocycles. The van der Waals surface area contributed by atoms with Crippen LogP contribution in [-0.2, 0) is 5.41 Å². The molecule has 50 heavy (non-hydrogen) atoms. The van der Waals surface area contributed by atoms with Gasteiger partial charge in [-0.25, -0.2) is 0 Å². The number of rotatable bonds is 8. The highest BCUT2D eigenvalue weighted by Crippen LogP contribution is 2.50. The van der Waals surface area contributed by atoms with Crippen molar-refractivity contribution in [3.63, 3.8) is 0 Å². The third kappa shape index (κ3) is 5.90. The van der Waals surface area contributed by atoms with Gasteiger partial charge in [-0.2, -0.15) is 0 Å². The predicted molar refractivity (Wildman–Crippen MR) is 213 cm³/mol. The zero-order valence-corrected chi connectivity index (χ0v) is 28.8. The Bertz CT molecular complexity index is 2240. The Balaban J connectivity index is 1.07. The second kappa shape index (κ2) is 13.1. The number of nitrogens with zero attached hydrogens (tertiary/aromatic N) is 2. The summed E-state index contributed by atoms with van der Waals surface area (Å²) in [6.07, 6.45) is 4.38. The molecule has 2 nitrogen and oxygen atoms in total. The van der Waals surface area contributed by atoms with Crippen LogP contribution in [0.1, 0.15) is 41.7 Å². The maximum atomic E-state index is 2.39. The molecular formula is C48H40N2. The molecule has 0 N–H and O–H groups in total. The summed E-state index contributed by atoms with van der Waals surface area (Å²) in [5.74, 6) is 0. The first-order chi connectivity index (χ1) is 24.5. The van der Waals surface area contributed by atoms with E-state index in [4.69, 9.17) is 0 Å². The lowest BCUT2D eigenvalue weighted by atomic mass is 9.82. The molecule has 0 aromatic heterocycles. The summed E-state index contributed by atoms with van der Waals surface area (Å²) < 4.78 is 0. The molecule has 0 unspecified atom stereocenters. The van der Waals surface area contributed by atoms with Crippen molar-refractivity contribution < 1.29 is 0 Å². The topological polar surface area (TPSA) is 6.48 Å². The normalized spacial score (nSPS) is 12.8. The zero-order valence-electron chi connectivity index (χ0n) is 28.8. The number of hydrogen-bond acceptors (Lipinski definition) is 2. The molecular weight excluding hydrogens is 605 g/mol. The van der Waals surface area contributed by atoms with Crippen molar-refractivity contribution in [2.45, 2.75) is 26.2 Å². The summed E-state index contributed by atoms with van der Waals surface area (Å²) >= 11 is 0. The van der Waals surface area contributed by atoms with Crippen molar-refractivity contribution in [3.05, 3.63) is 204 Å². The van der Waals surface area contributed by atoms with Crippen LogP contribution >= 0.6 is 0 Å². The van der Waals surface area contributed by atoms with Crippen molar-refractivity contribution in [3.8, 4) is 11.1 Å². The van der Waals surface area contributed by atoms with Crippen LogP contribution < -0.4 is 9.80 Å². The van der Waals surface area contributed by atoms with Crippen LogP contribution in [0.25, 0.3) is 23.3 Å². The van der Waals surface area contributed by atoms with Crippen LogP contribution in [0.5, 0.6) is 0 Å². The van der Waals surface area contributed by atoms with Crippen molar-refractivity contribution in [1.29, 1.82) is 0 Å². The minimum atomic E-state index is -0.0611. The highest BCUT2D eigenvalue weighted by molar-refractivity contribution is 5.86. The van der Waals surface area contributed by atoms with Crippen molar-refractivity contribution >= 4 is 46.3 Å². The highest BCUT2D eigenvalue weighted by Gasteiger charge is 2.35. The van der Waals surface area contributed by atoms with Gasteiger partial charge in [0, 0.05) is 39.5 Å². The monoisotopic (exact) mass is 644 g/mol. The highest BCUT2D eigenvalue weighted by atomic mass is 15.1. The van der Waals surface area contributed by atoms with Crippen LogP contribution in [0.15, 0.2) is 176 Å². The third-order valence-corrected chi connectivity index (χ3v) is 9.88. The Morgan fingerprint density at radius 3 is 1.40 bits per heavy atom. The number of hydrogen-bond donors (Lipinski definition) is 0. The maximum Gasteiger partial charge on any atom is 0.0465 e. The number of benzene rings is 7. The summed E-state index contributed by atoms with van der Waals surface area (Å²) in [6, 6.07) is 63.3. The standard InChI is InChI=1S/C48H40N2/c1-35-13-12-18-42(33-35)50(43-31-32-45-44-19-10-11-20-46(44)48(2,3)47(45)34-43)41-29-25-37(26-30-41)22-21-36-23-27-40(28-24-36)49(38-14-6-4-7-15-38)39-16-8-5-9-17-39/h4-34H,1-3H3. The molecule has 0 saturated heterocycles. The first-order valence-corrected chi connectivity index (χ1v) is 17.4. The molecule has 1 aliphatic rings. The predicted octanol–water partition coefficient (Wildman–Crippen LogP) is 13.4. The van der Waals surface area contributed by atoms with E-state index in [2.05, 4.69) is 219 Å². The molecule has 0 fully saturated rings. The van der Waals surface area contributed by atoms with Crippen LogP contribution in [0.4, 0.5) is 34.1 Å². The lowest BCUT2D eigenvalue weighted by Gasteiger charge is -2.28. The fourth-order valence-electron chi connectivity index (χ4n) is 7.31. The average Bonchev–Trinajstić information content (AvgIpc) is 3.38. The van der Waals surface area contributed by atoms with Gasteiger partial charge in [-0.05, 0) is 119 Å². The Morgan fingerprint density at radius 2 is 0.820 bits per heavy atom. The molecule has 0 radical (unpaired) electrons. The Hall–Kier alpha value is -6.12. The van der Waals surface area contributed by atoms with Gasteiger partial charge in [-0.15, -0.1) is 0 Å². The van der Waals surface area contributed by atoms with Gasteiger partial charge in [-0.3, -0.25) is 0 Å². The van der Waals surface area contributed by atoms with Gasteiger partial charge in [0.25, 0.3) is 0 Å². The molecule has 2 heteroatoms. The third-order valence-electron chi connectivity index (χ3n) is 9.88. The quantitative estimate of drug-likeness (QED) is 0.152. The molecule has 0 amide bonds. The number of aryl methyl sites for hydroxylation is 1. The first-order valence-electron chi connectivity index (χ1n) is 17.4. The Kier molecular flexibility index (Phi) is 8.14. The van der Waals surface area contributed by atoms with E-state index in [1.165, 1.54) is 33.5 Å². The van der Waals surface area contributed by atoms with E-state index >= 15 is 0 Å². The van der Waals surface area contributed by atoms with Gasteiger partial charge in [0.1, 0.15) is 0 Å². The molecule has 0 atom stereocenters. The molecule has 0 spiro atoms. The minimum Gasteiger partial charge on any atom is -0.311 e. The van der Waals surface area contributed by atoms with Gasteiger partial charge in [0.15, 0.2) is 0 Å². The van der Waals surface area contributed by atoms with E-state index in [1.807, 2.05) is 0 Å². The molecule has 0 bridgehead atoms. The molecule has 242 valence electrons. The lowest BCUT2D eigenvalue weighted by Crippen LogP contribution is -2.16. The molecule has 8 rings (SSSR count). The van der Waals surface area contributed by atoms with E-state index in [9.17, 15) is 0 Å². The summed E-state index contributed by atoms with van der Waals surface area (Å²) in [5.41, 5.74) is 15.8. The number of fused-ring (bicyclic) bond motifs is 3. The summed E-state index contributed by atoms with van der Waals surface area (Å²) in [4.78, 5) is 4.66. The van der Waals surface area contributed by atoms with Gasteiger partial charge >= 0.3 is 0 Å². The second-order valence-electron chi connectivity index (χ2n) is 13.6. The van der Waals surface area contributed by atoms with Crippen LogP contribution in [0, 0.1) is 6.92 Å². The minimum absolute atomic E-state index is 0.0611. The summed E-state index contributed by atoms with van der Waals surface area (Å²) in [6.45, 7) is 6.84. The fraction of sp³-hybridized carbons (Fsp3) is 0.0833. The Labute approximate surface area is 296 Å². The fourth-order valence-corrected chi connectivity index (χ4v) is 7.31. The van der Waals surface area contributed by atoms with Gasteiger partial charge in [0.2, 0.25) is 0 Å². The molecule has 0 aliphatic heterocycles. The van der Waals surface area contributed by atoms with Gasteiger partial charge in [0.05, 0.1) is 0 Å². The Morgan fingerprint density at radius 1 is 0.380 bits per heavy atom. The molecule has 1 aliphatic carbocycles. The summed E-state index contributed by atoms with van der Waals surface area (Å²) in [5, 5.41) is 0. The average molecular weight is 645 g/mol.